The number of hydrogen-bond donors (Lipinski definition) is 2. The van der Waals surface area contributed by atoms with Gasteiger partial charge in [0, 0.05) is 5.69 Å². The molecule has 2 heterocycles. The largest absolute Gasteiger partial charge is 0.320 e. The normalized spacial score (nSPS) is 14.3. The highest BCUT2D eigenvalue weighted by molar-refractivity contribution is 6.03. The predicted molar refractivity (Wildman–Crippen MR) is 112 cm³/mol. The molecule has 1 fully saturated rings. The van der Waals surface area contributed by atoms with Gasteiger partial charge in [-0.1, -0.05) is 53.7 Å². The number of para-hydroxylation sites is 1. The highest BCUT2D eigenvalue weighted by atomic mass is 35.5. The molecule has 0 aliphatic carbocycles. The molecule has 28 heavy (non-hydrogen) atoms. The minimum absolute atomic E-state index is 0. The lowest BCUT2D eigenvalue weighted by Gasteiger charge is -2.22. The van der Waals surface area contributed by atoms with E-state index >= 15 is 0 Å². The number of nitrogens with one attached hydrogen (secondary N) is 2. The summed E-state index contributed by atoms with van der Waals surface area (Å²) >= 11 is 0. The number of carbonyl (C=O) groups is 1. The zero-order valence-corrected chi connectivity index (χ0v) is 16.4. The standard InChI is InChI=1S/C21H23N5O.ClH/c27-21(20-15-26(25-24-20)18-10-12-22-13-11-18)23-19-9-5-4-8-17(19)14-16-6-2-1-3-7-16;/h1-9,15,18,22H,10-14H2,(H,23,27);1H. The number of halogens is 1. The minimum atomic E-state index is -0.226. The maximum absolute atomic E-state index is 12.7. The molecule has 1 saturated heterocycles. The van der Waals surface area contributed by atoms with Gasteiger partial charge >= 0.3 is 0 Å². The van der Waals surface area contributed by atoms with Crippen molar-refractivity contribution < 1.29 is 4.79 Å². The topological polar surface area (TPSA) is 71.8 Å². The second kappa shape index (κ2) is 9.48. The van der Waals surface area contributed by atoms with Gasteiger partial charge in [0.05, 0.1) is 12.2 Å². The number of hydrogen-bond acceptors (Lipinski definition) is 4. The third-order valence-electron chi connectivity index (χ3n) is 4.93. The van der Waals surface area contributed by atoms with Crippen LogP contribution in [-0.4, -0.2) is 34.0 Å². The van der Waals surface area contributed by atoms with Crippen molar-refractivity contribution >= 4 is 24.0 Å². The minimum Gasteiger partial charge on any atom is -0.320 e. The van der Waals surface area contributed by atoms with E-state index in [2.05, 4.69) is 33.1 Å². The van der Waals surface area contributed by atoms with Gasteiger partial charge in [-0.25, -0.2) is 4.68 Å². The van der Waals surface area contributed by atoms with Crippen molar-refractivity contribution in [1.82, 2.24) is 20.3 Å². The van der Waals surface area contributed by atoms with E-state index in [4.69, 9.17) is 0 Å². The van der Waals surface area contributed by atoms with E-state index in [9.17, 15) is 4.79 Å². The summed E-state index contributed by atoms with van der Waals surface area (Å²) in [4.78, 5) is 12.7. The van der Waals surface area contributed by atoms with Crippen molar-refractivity contribution in [3.63, 3.8) is 0 Å². The second-order valence-corrected chi connectivity index (χ2v) is 6.84. The quantitative estimate of drug-likeness (QED) is 0.691. The highest BCUT2D eigenvalue weighted by Gasteiger charge is 2.19. The summed E-state index contributed by atoms with van der Waals surface area (Å²) in [5, 5.41) is 14.6. The SMILES string of the molecule is Cl.O=C(Nc1ccccc1Cc1ccccc1)c1cn(C2CCNCC2)nn1. The number of amides is 1. The van der Waals surface area contributed by atoms with Crippen LogP contribution in [0.5, 0.6) is 0 Å². The highest BCUT2D eigenvalue weighted by Crippen LogP contribution is 2.21. The van der Waals surface area contributed by atoms with E-state index in [-0.39, 0.29) is 18.3 Å². The summed E-state index contributed by atoms with van der Waals surface area (Å²) in [6.45, 7) is 1.94. The number of rotatable bonds is 5. The Morgan fingerprint density at radius 3 is 2.57 bits per heavy atom. The zero-order valence-electron chi connectivity index (χ0n) is 15.5. The molecular weight excluding hydrogens is 374 g/mol. The molecule has 0 saturated carbocycles. The molecule has 1 aromatic heterocycles. The lowest BCUT2D eigenvalue weighted by atomic mass is 10.0. The van der Waals surface area contributed by atoms with Crippen molar-refractivity contribution in [3.8, 4) is 0 Å². The van der Waals surface area contributed by atoms with Crippen molar-refractivity contribution in [3.05, 3.63) is 77.6 Å². The zero-order chi connectivity index (χ0) is 18.5. The van der Waals surface area contributed by atoms with Crippen molar-refractivity contribution in [1.29, 1.82) is 0 Å². The monoisotopic (exact) mass is 397 g/mol. The number of carbonyl (C=O) groups excluding carboxylic acids is 1. The Labute approximate surface area is 170 Å². The molecule has 2 N–H and O–H groups in total. The molecule has 2 aromatic carbocycles. The Bertz CT molecular complexity index is 906. The average Bonchev–Trinajstić information content (AvgIpc) is 3.21. The first kappa shape index (κ1) is 20.0. The summed E-state index contributed by atoms with van der Waals surface area (Å²) in [6, 6.07) is 18.4. The molecule has 0 unspecified atom stereocenters. The second-order valence-electron chi connectivity index (χ2n) is 6.84. The van der Waals surface area contributed by atoms with Gasteiger partial charge in [-0.2, -0.15) is 0 Å². The maximum Gasteiger partial charge on any atom is 0.277 e. The van der Waals surface area contributed by atoms with Crippen LogP contribution in [0.1, 0.15) is 40.5 Å². The van der Waals surface area contributed by atoms with Crippen molar-refractivity contribution in [2.45, 2.75) is 25.3 Å². The molecule has 0 spiro atoms. The Morgan fingerprint density at radius 2 is 1.79 bits per heavy atom. The van der Waals surface area contributed by atoms with Crippen LogP contribution >= 0.6 is 12.4 Å². The molecule has 6 nitrogen and oxygen atoms in total. The number of anilines is 1. The summed E-state index contributed by atoms with van der Waals surface area (Å²) in [5.41, 5.74) is 3.43. The fourth-order valence-corrected chi connectivity index (χ4v) is 3.43. The van der Waals surface area contributed by atoms with E-state index < -0.39 is 0 Å². The van der Waals surface area contributed by atoms with Gasteiger partial charge < -0.3 is 10.6 Å². The van der Waals surface area contributed by atoms with Crippen molar-refractivity contribution in [2.24, 2.45) is 0 Å². The van der Waals surface area contributed by atoms with Crippen LogP contribution in [0.4, 0.5) is 5.69 Å². The Balaban J connectivity index is 0.00000225. The smallest absolute Gasteiger partial charge is 0.277 e. The number of benzene rings is 2. The van der Waals surface area contributed by atoms with Crippen LogP contribution < -0.4 is 10.6 Å². The van der Waals surface area contributed by atoms with E-state index in [0.717, 1.165) is 43.6 Å². The van der Waals surface area contributed by atoms with Gasteiger partial charge in [-0.15, -0.1) is 17.5 Å². The van der Waals surface area contributed by atoms with Gasteiger partial charge in [-0.3, -0.25) is 4.79 Å². The third-order valence-corrected chi connectivity index (χ3v) is 4.93. The van der Waals surface area contributed by atoms with Gasteiger partial charge in [0.15, 0.2) is 5.69 Å². The lowest BCUT2D eigenvalue weighted by molar-refractivity contribution is 0.102. The molecule has 0 radical (unpaired) electrons. The predicted octanol–water partition coefficient (Wildman–Crippen LogP) is 3.47. The molecule has 1 aliphatic heterocycles. The van der Waals surface area contributed by atoms with E-state index in [0.29, 0.717) is 11.7 Å². The first-order valence-electron chi connectivity index (χ1n) is 9.35. The average molecular weight is 398 g/mol. The first-order chi connectivity index (χ1) is 13.3. The van der Waals surface area contributed by atoms with Gasteiger partial charge in [0.1, 0.15) is 0 Å². The number of aromatic nitrogens is 3. The Morgan fingerprint density at radius 1 is 1.07 bits per heavy atom. The lowest BCUT2D eigenvalue weighted by Crippen LogP contribution is -2.29. The summed E-state index contributed by atoms with van der Waals surface area (Å²) in [6.07, 6.45) is 4.53. The van der Waals surface area contributed by atoms with Crippen LogP contribution in [0, 0.1) is 0 Å². The summed E-state index contributed by atoms with van der Waals surface area (Å²) in [7, 11) is 0. The van der Waals surface area contributed by atoms with Crippen LogP contribution in [0.25, 0.3) is 0 Å². The summed E-state index contributed by atoms with van der Waals surface area (Å²) < 4.78 is 1.83. The molecule has 1 aliphatic rings. The van der Waals surface area contributed by atoms with Crippen LogP contribution in [0.2, 0.25) is 0 Å². The maximum atomic E-state index is 12.7. The van der Waals surface area contributed by atoms with Gasteiger partial charge in [0.2, 0.25) is 0 Å². The van der Waals surface area contributed by atoms with Crippen LogP contribution in [-0.2, 0) is 6.42 Å². The molecule has 7 heteroatoms. The van der Waals surface area contributed by atoms with E-state index in [1.165, 1.54) is 5.56 Å². The fourth-order valence-electron chi connectivity index (χ4n) is 3.43. The first-order valence-corrected chi connectivity index (χ1v) is 9.35. The summed E-state index contributed by atoms with van der Waals surface area (Å²) in [5.74, 6) is -0.226. The number of nitrogens with zero attached hydrogens (tertiary/aromatic N) is 3. The molecule has 146 valence electrons. The van der Waals surface area contributed by atoms with Crippen molar-refractivity contribution in [2.75, 3.05) is 18.4 Å². The van der Waals surface area contributed by atoms with Crippen LogP contribution in [0.3, 0.4) is 0 Å². The molecule has 0 atom stereocenters. The third kappa shape index (κ3) is 4.77. The molecule has 1 amide bonds. The molecular formula is C21H24ClN5O. The molecule has 3 aromatic rings. The molecule has 4 rings (SSSR count). The van der Waals surface area contributed by atoms with Gasteiger partial charge in [0.25, 0.3) is 5.91 Å². The van der Waals surface area contributed by atoms with Gasteiger partial charge in [-0.05, 0) is 49.5 Å². The Kier molecular flexibility index (Phi) is 6.79. The van der Waals surface area contributed by atoms with E-state index in [1.54, 1.807) is 6.20 Å². The molecule has 0 bridgehead atoms. The van der Waals surface area contributed by atoms with E-state index in [1.807, 2.05) is 47.1 Å². The number of piperidine rings is 1. The fraction of sp³-hybridized carbons (Fsp3) is 0.286. The Hall–Kier alpha value is -2.70. The van der Waals surface area contributed by atoms with Crippen LogP contribution in [0.15, 0.2) is 60.8 Å².